The zero-order valence-corrected chi connectivity index (χ0v) is 10.0. The third-order valence-corrected chi connectivity index (χ3v) is 2.26. The fourth-order valence-corrected chi connectivity index (χ4v) is 1.24. The van der Waals surface area contributed by atoms with Crippen molar-refractivity contribution >= 4 is 5.91 Å². The third kappa shape index (κ3) is 4.39. The van der Waals surface area contributed by atoms with E-state index in [0.717, 1.165) is 0 Å². The Morgan fingerprint density at radius 1 is 1.62 bits per heavy atom. The van der Waals surface area contributed by atoms with Crippen LogP contribution in [0.1, 0.15) is 32.5 Å². The molecule has 1 amide bonds. The average Bonchev–Trinajstić information content (AvgIpc) is 2.65. The fourth-order valence-electron chi connectivity index (χ4n) is 1.24. The summed E-state index contributed by atoms with van der Waals surface area (Å²) in [5, 5.41) is 6.44. The Morgan fingerprint density at radius 2 is 2.31 bits per heavy atom. The maximum atomic E-state index is 11.7. The highest BCUT2D eigenvalue weighted by Gasteiger charge is 2.16. The van der Waals surface area contributed by atoms with Crippen LogP contribution in [0.3, 0.4) is 0 Å². The number of amides is 1. The largest absolute Gasteiger partial charge is 0.338 e. The van der Waals surface area contributed by atoms with Gasteiger partial charge in [0.1, 0.15) is 12.2 Å². The molecule has 16 heavy (non-hydrogen) atoms. The van der Waals surface area contributed by atoms with Crippen molar-refractivity contribution < 1.29 is 4.79 Å². The number of carbonyl (C=O) groups is 1. The minimum atomic E-state index is -0.303. The van der Waals surface area contributed by atoms with E-state index in [1.807, 2.05) is 13.8 Å². The Labute approximate surface area is 95.2 Å². The Kier molecular flexibility index (Phi) is 4.00. The summed E-state index contributed by atoms with van der Waals surface area (Å²) in [6.45, 7) is 4.28. The van der Waals surface area contributed by atoms with Crippen LogP contribution in [0.25, 0.3) is 0 Å². The molecule has 0 atom stereocenters. The van der Waals surface area contributed by atoms with E-state index in [0.29, 0.717) is 25.2 Å². The topological polar surface area (TPSA) is 87.9 Å². The van der Waals surface area contributed by atoms with Crippen LogP contribution in [0.15, 0.2) is 6.33 Å². The summed E-state index contributed by atoms with van der Waals surface area (Å²) in [7, 11) is 1.74. The first-order chi connectivity index (χ1) is 7.38. The van der Waals surface area contributed by atoms with E-state index in [-0.39, 0.29) is 11.4 Å². The molecule has 0 bridgehead atoms. The molecule has 0 aliphatic rings. The van der Waals surface area contributed by atoms with Gasteiger partial charge in [0.05, 0.1) is 6.54 Å². The standard InChI is InChI=1S/C10H19N5O/c1-10(2,11)5-4-9(16)15(3)6-8-12-7-13-14-8/h7H,4-6,11H2,1-3H3,(H,12,13,14). The summed E-state index contributed by atoms with van der Waals surface area (Å²) in [5.41, 5.74) is 5.52. The summed E-state index contributed by atoms with van der Waals surface area (Å²) < 4.78 is 0. The van der Waals surface area contributed by atoms with Gasteiger partial charge < -0.3 is 10.6 Å². The number of nitrogens with two attached hydrogens (primary N) is 1. The molecule has 0 saturated carbocycles. The van der Waals surface area contributed by atoms with E-state index in [1.165, 1.54) is 6.33 Å². The molecule has 0 unspecified atom stereocenters. The second-order valence-corrected chi connectivity index (χ2v) is 4.67. The Hall–Kier alpha value is -1.43. The van der Waals surface area contributed by atoms with Crippen LogP contribution in [0.4, 0.5) is 0 Å². The van der Waals surface area contributed by atoms with E-state index < -0.39 is 0 Å². The van der Waals surface area contributed by atoms with Crippen molar-refractivity contribution in [3.05, 3.63) is 12.2 Å². The molecule has 1 heterocycles. The maximum absolute atomic E-state index is 11.7. The van der Waals surface area contributed by atoms with Crippen molar-refractivity contribution in [3.63, 3.8) is 0 Å². The molecule has 6 nitrogen and oxygen atoms in total. The van der Waals surface area contributed by atoms with Gasteiger partial charge in [0.25, 0.3) is 0 Å². The minimum Gasteiger partial charge on any atom is -0.338 e. The number of hydrogen-bond donors (Lipinski definition) is 2. The predicted molar refractivity (Wildman–Crippen MR) is 60.4 cm³/mol. The molecule has 1 rings (SSSR count). The Bertz CT molecular complexity index is 327. The van der Waals surface area contributed by atoms with Gasteiger partial charge in [-0.05, 0) is 20.3 Å². The van der Waals surface area contributed by atoms with Crippen molar-refractivity contribution in [2.75, 3.05) is 7.05 Å². The number of aromatic amines is 1. The van der Waals surface area contributed by atoms with Crippen LogP contribution in [-0.4, -0.2) is 38.6 Å². The smallest absolute Gasteiger partial charge is 0.222 e. The lowest BCUT2D eigenvalue weighted by Gasteiger charge is -2.20. The SMILES string of the molecule is CN(Cc1ncn[nH]1)C(=O)CCC(C)(C)N. The molecule has 0 aromatic carbocycles. The highest BCUT2D eigenvalue weighted by atomic mass is 16.2. The number of hydrogen-bond acceptors (Lipinski definition) is 4. The lowest BCUT2D eigenvalue weighted by molar-refractivity contribution is -0.130. The van der Waals surface area contributed by atoms with Crippen molar-refractivity contribution in [1.82, 2.24) is 20.1 Å². The summed E-state index contributed by atoms with van der Waals surface area (Å²) in [4.78, 5) is 17.3. The van der Waals surface area contributed by atoms with E-state index in [9.17, 15) is 4.79 Å². The van der Waals surface area contributed by atoms with Crippen LogP contribution in [0, 0.1) is 0 Å². The van der Waals surface area contributed by atoms with E-state index >= 15 is 0 Å². The molecule has 1 aromatic heterocycles. The summed E-state index contributed by atoms with van der Waals surface area (Å²) in [5.74, 6) is 0.748. The lowest BCUT2D eigenvalue weighted by atomic mass is 10.00. The molecule has 0 spiro atoms. The average molecular weight is 225 g/mol. The summed E-state index contributed by atoms with van der Waals surface area (Å²) >= 11 is 0. The van der Waals surface area contributed by atoms with Crippen LogP contribution in [0.5, 0.6) is 0 Å². The monoisotopic (exact) mass is 225 g/mol. The second kappa shape index (κ2) is 5.07. The zero-order chi connectivity index (χ0) is 12.2. The lowest BCUT2D eigenvalue weighted by Crippen LogP contribution is -2.35. The van der Waals surface area contributed by atoms with Crippen molar-refractivity contribution in [3.8, 4) is 0 Å². The molecule has 0 aliphatic heterocycles. The van der Waals surface area contributed by atoms with Gasteiger partial charge >= 0.3 is 0 Å². The van der Waals surface area contributed by atoms with Gasteiger partial charge in [-0.2, -0.15) is 5.10 Å². The zero-order valence-electron chi connectivity index (χ0n) is 10.0. The molecule has 6 heteroatoms. The molecular weight excluding hydrogens is 206 g/mol. The van der Waals surface area contributed by atoms with Crippen LogP contribution < -0.4 is 5.73 Å². The van der Waals surface area contributed by atoms with E-state index in [2.05, 4.69) is 15.2 Å². The molecule has 0 aliphatic carbocycles. The summed E-state index contributed by atoms with van der Waals surface area (Å²) in [6, 6.07) is 0. The molecule has 90 valence electrons. The Morgan fingerprint density at radius 3 is 2.81 bits per heavy atom. The van der Waals surface area contributed by atoms with Crippen molar-refractivity contribution in [2.24, 2.45) is 5.73 Å². The molecule has 0 fully saturated rings. The third-order valence-electron chi connectivity index (χ3n) is 2.26. The second-order valence-electron chi connectivity index (χ2n) is 4.67. The normalized spacial score (nSPS) is 11.5. The van der Waals surface area contributed by atoms with Crippen LogP contribution >= 0.6 is 0 Å². The molecule has 0 saturated heterocycles. The van der Waals surface area contributed by atoms with Crippen molar-refractivity contribution in [2.45, 2.75) is 38.8 Å². The van der Waals surface area contributed by atoms with Crippen LogP contribution in [-0.2, 0) is 11.3 Å². The van der Waals surface area contributed by atoms with E-state index in [1.54, 1.807) is 11.9 Å². The van der Waals surface area contributed by atoms with Crippen LogP contribution in [0.2, 0.25) is 0 Å². The molecule has 1 aromatic rings. The van der Waals surface area contributed by atoms with Gasteiger partial charge in [0, 0.05) is 19.0 Å². The quantitative estimate of drug-likeness (QED) is 0.753. The minimum absolute atomic E-state index is 0.0647. The molecule has 0 radical (unpaired) electrons. The number of nitrogens with one attached hydrogen (secondary N) is 1. The van der Waals surface area contributed by atoms with Gasteiger partial charge in [-0.1, -0.05) is 0 Å². The van der Waals surface area contributed by atoms with Gasteiger partial charge in [-0.25, -0.2) is 4.98 Å². The first-order valence-corrected chi connectivity index (χ1v) is 5.25. The number of aromatic nitrogens is 3. The number of H-pyrrole nitrogens is 1. The predicted octanol–water partition coefficient (Wildman–Crippen LogP) is 0.281. The number of nitrogens with zero attached hydrogens (tertiary/aromatic N) is 3. The van der Waals surface area contributed by atoms with Gasteiger partial charge in [0.15, 0.2) is 0 Å². The summed E-state index contributed by atoms with van der Waals surface area (Å²) in [6.07, 6.45) is 2.55. The number of carbonyl (C=O) groups excluding carboxylic acids is 1. The molecule has 3 N–H and O–H groups in total. The van der Waals surface area contributed by atoms with Gasteiger partial charge in [-0.15, -0.1) is 0 Å². The first kappa shape index (κ1) is 12.6. The molecular formula is C10H19N5O. The highest BCUT2D eigenvalue weighted by Crippen LogP contribution is 2.09. The van der Waals surface area contributed by atoms with E-state index in [4.69, 9.17) is 5.73 Å². The van der Waals surface area contributed by atoms with Gasteiger partial charge in [0.2, 0.25) is 5.91 Å². The fraction of sp³-hybridized carbons (Fsp3) is 0.700. The first-order valence-electron chi connectivity index (χ1n) is 5.25. The van der Waals surface area contributed by atoms with Gasteiger partial charge in [-0.3, -0.25) is 9.89 Å². The number of rotatable bonds is 5. The maximum Gasteiger partial charge on any atom is 0.222 e. The highest BCUT2D eigenvalue weighted by molar-refractivity contribution is 5.75. The van der Waals surface area contributed by atoms with Crippen molar-refractivity contribution in [1.29, 1.82) is 0 Å². The Balaban J connectivity index is 2.37.